The molecule has 0 bridgehead atoms. The number of hydrogen-bond donors (Lipinski definition) is 1. The smallest absolute Gasteiger partial charge is 0.238 e. The van der Waals surface area contributed by atoms with Crippen molar-refractivity contribution in [2.75, 3.05) is 39.2 Å². The maximum Gasteiger partial charge on any atom is 0.238 e. The number of aromatic nitrogens is 1. The van der Waals surface area contributed by atoms with Crippen molar-refractivity contribution in [1.29, 1.82) is 0 Å². The van der Waals surface area contributed by atoms with Crippen molar-refractivity contribution >= 4 is 11.6 Å². The summed E-state index contributed by atoms with van der Waals surface area (Å²) in [5, 5.41) is 2.90. The normalized spacial score (nSPS) is 10.8. The monoisotopic (exact) mass is 439 g/mol. The lowest BCUT2D eigenvalue weighted by Crippen LogP contribution is -2.29. The number of oxazole rings is 1. The number of amides is 1. The Hall–Kier alpha value is -3.52. The molecule has 1 aromatic heterocycles. The molecule has 0 unspecified atom stereocenters. The number of benzene rings is 2. The summed E-state index contributed by atoms with van der Waals surface area (Å²) in [4.78, 5) is 18.9. The number of nitrogens with zero attached hydrogens (tertiary/aromatic N) is 2. The molecule has 8 heteroatoms. The second kappa shape index (κ2) is 11.2. The first-order valence-electron chi connectivity index (χ1n) is 10.5. The zero-order valence-electron chi connectivity index (χ0n) is 18.9. The first kappa shape index (κ1) is 23.1. The fourth-order valence-electron chi connectivity index (χ4n) is 3.15. The van der Waals surface area contributed by atoms with Gasteiger partial charge in [-0.2, -0.15) is 0 Å². The quantitative estimate of drug-likeness (QED) is 0.479. The predicted octanol–water partition coefficient (Wildman–Crippen LogP) is 4.22. The average Bonchev–Trinajstić information content (AvgIpc) is 3.24. The summed E-state index contributed by atoms with van der Waals surface area (Å²) in [6.07, 6.45) is 1.61. The zero-order chi connectivity index (χ0) is 22.9. The molecule has 1 amide bonds. The Bertz CT molecular complexity index is 1020. The van der Waals surface area contributed by atoms with E-state index in [2.05, 4.69) is 10.3 Å². The molecule has 1 N–H and O–H groups in total. The molecule has 3 rings (SSSR count). The van der Waals surface area contributed by atoms with Crippen LogP contribution in [0.1, 0.15) is 19.5 Å². The van der Waals surface area contributed by atoms with Crippen LogP contribution in [0.2, 0.25) is 0 Å². The SMILES string of the molecule is CCOc1ccc(NC(=O)CN(C)Cc2coc(-c3ccc(OC)cc3)n2)cc1OCC. The van der Waals surface area contributed by atoms with E-state index >= 15 is 0 Å². The van der Waals surface area contributed by atoms with E-state index in [1.807, 2.05) is 50.1 Å². The van der Waals surface area contributed by atoms with Gasteiger partial charge in [-0.25, -0.2) is 4.98 Å². The summed E-state index contributed by atoms with van der Waals surface area (Å²) in [7, 11) is 3.48. The summed E-state index contributed by atoms with van der Waals surface area (Å²) in [5.41, 5.74) is 2.25. The number of anilines is 1. The zero-order valence-corrected chi connectivity index (χ0v) is 18.9. The first-order valence-corrected chi connectivity index (χ1v) is 10.5. The number of ether oxygens (including phenoxy) is 3. The van der Waals surface area contributed by atoms with Gasteiger partial charge in [-0.1, -0.05) is 0 Å². The van der Waals surface area contributed by atoms with Gasteiger partial charge in [0.25, 0.3) is 0 Å². The van der Waals surface area contributed by atoms with Crippen molar-refractivity contribution in [3.8, 4) is 28.7 Å². The number of likely N-dealkylation sites (N-methyl/N-ethyl adjacent to an activating group) is 1. The van der Waals surface area contributed by atoms with E-state index in [1.54, 1.807) is 31.6 Å². The van der Waals surface area contributed by atoms with E-state index in [-0.39, 0.29) is 12.5 Å². The summed E-state index contributed by atoms with van der Waals surface area (Å²) in [5.74, 6) is 2.42. The average molecular weight is 440 g/mol. The molecule has 0 saturated heterocycles. The minimum Gasteiger partial charge on any atom is -0.497 e. The topological polar surface area (TPSA) is 86.1 Å². The van der Waals surface area contributed by atoms with Gasteiger partial charge >= 0.3 is 0 Å². The van der Waals surface area contributed by atoms with E-state index in [4.69, 9.17) is 18.6 Å². The minimum atomic E-state index is -0.141. The van der Waals surface area contributed by atoms with E-state index in [0.717, 1.165) is 17.0 Å². The number of carbonyl (C=O) groups excluding carboxylic acids is 1. The molecule has 0 aliphatic rings. The van der Waals surface area contributed by atoms with Gasteiger partial charge in [0, 0.05) is 23.9 Å². The Morgan fingerprint density at radius 1 is 1.06 bits per heavy atom. The van der Waals surface area contributed by atoms with Crippen LogP contribution in [0.15, 0.2) is 53.1 Å². The Morgan fingerprint density at radius 3 is 2.47 bits per heavy atom. The molecule has 1 heterocycles. The van der Waals surface area contributed by atoms with E-state index in [1.165, 1.54) is 0 Å². The fraction of sp³-hybridized carbons (Fsp3) is 0.333. The van der Waals surface area contributed by atoms with Gasteiger partial charge < -0.3 is 23.9 Å². The van der Waals surface area contributed by atoms with Crippen molar-refractivity contribution in [1.82, 2.24) is 9.88 Å². The lowest BCUT2D eigenvalue weighted by molar-refractivity contribution is -0.117. The molecule has 8 nitrogen and oxygen atoms in total. The third-order valence-corrected chi connectivity index (χ3v) is 4.56. The highest BCUT2D eigenvalue weighted by Crippen LogP contribution is 2.30. The molecule has 0 fully saturated rings. The Labute approximate surface area is 188 Å². The highest BCUT2D eigenvalue weighted by molar-refractivity contribution is 5.92. The molecule has 170 valence electrons. The molecule has 0 atom stereocenters. The summed E-state index contributed by atoms with van der Waals surface area (Å²) < 4.78 is 21.9. The van der Waals surface area contributed by atoms with Crippen molar-refractivity contribution in [3.05, 3.63) is 54.4 Å². The van der Waals surface area contributed by atoms with E-state index in [0.29, 0.717) is 42.8 Å². The van der Waals surface area contributed by atoms with Gasteiger partial charge in [0.15, 0.2) is 11.5 Å². The standard InChI is InChI=1S/C24H29N3O5/c1-5-30-21-12-9-18(13-22(21)31-6-2)25-23(28)15-27(3)14-19-16-32-24(26-19)17-7-10-20(29-4)11-8-17/h7-13,16H,5-6,14-15H2,1-4H3,(H,25,28). The number of hydrogen-bond acceptors (Lipinski definition) is 7. The maximum atomic E-state index is 12.5. The number of methoxy groups -OCH3 is 1. The van der Waals surface area contributed by atoms with Crippen LogP contribution >= 0.6 is 0 Å². The van der Waals surface area contributed by atoms with Crippen molar-refractivity contribution in [2.24, 2.45) is 0 Å². The molecule has 0 radical (unpaired) electrons. The van der Waals surface area contributed by atoms with Gasteiger partial charge in [-0.3, -0.25) is 9.69 Å². The van der Waals surface area contributed by atoms with Crippen LogP contribution in [0.4, 0.5) is 5.69 Å². The third-order valence-electron chi connectivity index (χ3n) is 4.56. The maximum absolute atomic E-state index is 12.5. The number of nitrogens with one attached hydrogen (secondary N) is 1. The molecule has 0 aliphatic heterocycles. The lowest BCUT2D eigenvalue weighted by atomic mass is 10.2. The van der Waals surface area contributed by atoms with Crippen LogP contribution < -0.4 is 19.5 Å². The Balaban J connectivity index is 1.56. The molecule has 32 heavy (non-hydrogen) atoms. The largest absolute Gasteiger partial charge is 0.497 e. The van der Waals surface area contributed by atoms with Crippen LogP contribution in [0, 0.1) is 0 Å². The first-order chi connectivity index (χ1) is 15.5. The van der Waals surface area contributed by atoms with E-state index < -0.39 is 0 Å². The van der Waals surface area contributed by atoms with Crippen LogP contribution in [0.25, 0.3) is 11.5 Å². The fourth-order valence-corrected chi connectivity index (χ4v) is 3.15. The van der Waals surface area contributed by atoms with Crippen molar-refractivity contribution < 1.29 is 23.4 Å². The Kier molecular flexibility index (Phi) is 8.10. The highest BCUT2D eigenvalue weighted by Gasteiger charge is 2.13. The van der Waals surface area contributed by atoms with Crippen LogP contribution in [0.5, 0.6) is 17.2 Å². The summed E-state index contributed by atoms with van der Waals surface area (Å²) in [6, 6.07) is 12.8. The van der Waals surface area contributed by atoms with Crippen LogP contribution in [0.3, 0.4) is 0 Å². The van der Waals surface area contributed by atoms with Crippen LogP contribution in [-0.4, -0.2) is 49.7 Å². The minimum absolute atomic E-state index is 0.141. The number of rotatable bonds is 11. The van der Waals surface area contributed by atoms with Crippen LogP contribution in [-0.2, 0) is 11.3 Å². The molecule has 2 aromatic carbocycles. The van der Waals surface area contributed by atoms with Gasteiger partial charge in [0.1, 0.15) is 12.0 Å². The third kappa shape index (κ3) is 6.24. The second-order valence-electron chi connectivity index (χ2n) is 7.12. The van der Waals surface area contributed by atoms with Crippen molar-refractivity contribution in [2.45, 2.75) is 20.4 Å². The molecule has 0 aliphatic carbocycles. The number of carbonyl (C=O) groups is 1. The molecular weight excluding hydrogens is 410 g/mol. The van der Waals surface area contributed by atoms with Crippen molar-refractivity contribution in [3.63, 3.8) is 0 Å². The summed E-state index contributed by atoms with van der Waals surface area (Å²) in [6.45, 7) is 5.54. The summed E-state index contributed by atoms with van der Waals surface area (Å²) >= 11 is 0. The predicted molar refractivity (Wildman–Crippen MR) is 122 cm³/mol. The van der Waals surface area contributed by atoms with E-state index in [9.17, 15) is 4.79 Å². The molecule has 0 saturated carbocycles. The lowest BCUT2D eigenvalue weighted by Gasteiger charge is -2.16. The van der Waals surface area contributed by atoms with Gasteiger partial charge in [0.05, 0.1) is 32.6 Å². The highest BCUT2D eigenvalue weighted by atomic mass is 16.5. The van der Waals surface area contributed by atoms with Gasteiger partial charge in [-0.15, -0.1) is 0 Å². The second-order valence-corrected chi connectivity index (χ2v) is 7.12. The molecule has 0 spiro atoms. The Morgan fingerprint density at radius 2 is 1.78 bits per heavy atom. The van der Waals surface area contributed by atoms with Gasteiger partial charge in [-0.05, 0) is 57.3 Å². The van der Waals surface area contributed by atoms with Gasteiger partial charge in [0.2, 0.25) is 11.8 Å². The molecular formula is C24H29N3O5. The molecule has 3 aromatic rings.